The number of hydrogen-bond acceptors (Lipinski definition) is 3. The standard InChI is InChI=1S/C12H23NO2S/c1-13-12(10-6-7-15-8-10)9-16(14)11-4-2-3-5-11/h10-13H,2-9H2,1H3. The Bertz CT molecular complexity index is 235. The summed E-state index contributed by atoms with van der Waals surface area (Å²) in [6, 6.07) is 0.379. The van der Waals surface area contributed by atoms with Crippen LogP contribution in [0.15, 0.2) is 0 Å². The SMILES string of the molecule is CNC(CS(=O)C1CCCC1)C1CCOC1. The van der Waals surface area contributed by atoms with Gasteiger partial charge in [-0.15, -0.1) is 0 Å². The van der Waals surface area contributed by atoms with E-state index in [9.17, 15) is 4.21 Å². The monoisotopic (exact) mass is 245 g/mol. The van der Waals surface area contributed by atoms with Crippen LogP contribution < -0.4 is 5.32 Å². The summed E-state index contributed by atoms with van der Waals surface area (Å²) in [6.45, 7) is 1.71. The van der Waals surface area contributed by atoms with E-state index < -0.39 is 10.8 Å². The number of rotatable bonds is 5. The Morgan fingerprint density at radius 1 is 1.38 bits per heavy atom. The highest BCUT2D eigenvalue weighted by Gasteiger charge is 2.29. The summed E-state index contributed by atoms with van der Waals surface area (Å²) in [5, 5.41) is 3.80. The molecule has 16 heavy (non-hydrogen) atoms. The first-order valence-corrected chi connectivity index (χ1v) is 7.81. The first-order valence-electron chi connectivity index (χ1n) is 6.43. The highest BCUT2D eigenvalue weighted by Crippen LogP contribution is 2.25. The zero-order valence-electron chi connectivity index (χ0n) is 10.1. The van der Waals surface area contributed by atoms with Gasteiger partial charge in [-0.2, -0.15) is 0 Å². The fourth-order valence-electron chi connectivity index (χ4n) is 2.79. The summed E-state index contributed by atoms with van der Waals surface area (Å²) in [5.41, 5.74) is 0. The van der Waals surface area contributed by atoms with Gasteiger partial charge in [0.15, 0.2) is 0 Å². The van der Waals surface area contributed by atoms with Crippen molar-refractivity contribution in [3.63, 3.8) is 0 Å². The second-order valence-corrected chi connectivity index (χ2v) is 6.73. The van der Waals surface area contributed by atoms with Gasteiger partial charge in [0.2, 0.25) is 0 Å². The molecule has 2 aliphatic rings. The topological polar surface area (TPSA) is 38.3 Å². The lowest BCUT2D eigenvalue weighted by Gasteiger charge is -2.22. The molecular formula is C12H23NO2S. The van der Waals surface area contributed by atoms with Gasteiger partial charge in [0.1, 0.15) is 0 Å². The van der Waals surface area contributed by atoms with Gasteiger partial charge in [0.05, 0.1) is 6.61 Å². The molecule has 1 saturated heterocycles. The summed E-state index contributed by atoms with van der Waals surface area (Å²) < 4.78 is 17.6. The van der Waals surface area contributed by atoms with Gasteiger partial charge in [-0.3, -0.25) is 4.21 Å². The minimum absolute atomic E-state index is 0.379. The van der Waals surface area contributed by atoms with Crippen LogP contribution >= 0.6 is 0 Å². The smallest absolute Gasteiger partial charge is 0.0510 e. The minimum atomic E-state index is -0.639. The molecule has 1 saturated carbocycles. The van der Waals surface area contributed by atoms with Crippen molar-refractivity contribution in [1.82, 2.24) is 5.32 Å². The van der Waals surface area contributed by atoms with Crippen LogP contribution in [0.2, 0.25) is 0 Å². The third-order valence-corrected chi connectivity index (χ3v) is 5.83. The third-order valence-electron chi connectivity index (χ3n) is 3.92. The quantitative estimate of drug-likeness (QED) is 0.793. The van der Waals surface area contributed by atoms with Crippen LogP contribution in [0.25, 0.3) is 0 Å². The van der Waals surface area contributed by atoms with Gasteiger partial charge in [0, 0.05) is 40.4 Å². The minimum Gasteiger partial charge on any atom is -0.381 e. The molecule has 0 radical (unpaired) electrons. The molecule has 0 aromatic rings. The summed E-state index contributed by atoms with van der Waals surface area (Å²) in [6.07, 6.45) is 6.00. The molecule has 2 fully saturated rings. The zero-order chi connectivity index (χ0) is 11.4. The molecular weight excluding hydrogens is 222 g/mol. The Morgan fingerprint density at radius 2 is 2.12 bits per heavy atom. The second-order valence-electron chi connectivity index (χ2n) is 4.97. The fourth-order valence-corrected chi connectivity index (χ4v) is 4.71. The molecule has 3 nitrogen and oxygen atoms in total. The number of ether oxygens (including phenoxy) is 1. The molecule has 1 aliphatic heterocycles. The molecule has 3 atom stereocenters. The molecule has 4 heteroatoms. The van der Waals surface area contributed by atoms with Crippen molar-refractivity contribution in [2.75, 3.05) is 26.0 Å². The molecule has 3 unspecified atom stereocenters. The maximum absolute atomic E-state index is 12.2. The second kappa shape index (κ2) is 6.12. The van der Waals surface area contributed by atoms with Crippen LogP contribution in [0.1, 0.15) is 32.1 Å². The van der Waals surface area contributed by atoms with Gasteiger partial charge in [-0.05, 0) is 26.3 Å². The molecule has 1 heterocycles. The molecule has 0 aromatic carbocycles. The summed E-state index contributed by atoms with van der Waals surface area (Å²) in [4.78, 5) is 0. The van der Waals surface area contributed by atoms with E-state index in [1.165, 1.54) is 25.7 Å². The lowest BCUT2D eigenvalue weighted by atomic mass is 10.0. The van der Waals surface area contributed by atoms with Crippen LogP contribution in [0.3, 0.4) is 0 Å². The normalized spacial score (nSPS) is 30.7. The van der Waals surface area contributed by atoms with Crippen molar-refractivity contribution >= 4 is 10.8 Å². The summed E-state index contributed by atoms with van der Waals surface area (Å²) >= 11 is 0. The molecule has 1 N–H and O–H groups in total. The maximum Gasteiger partial charge on any atom is 0.0510 e. The Balaban J connectivity index is 1.82. The molecule has 1 aliphatic carbocycles. The Labute approximate surface area is 101 Å². The van der Waals surface area contributed by atoms with E-state index in [-0.39, 0.29) is 0 Å². The average molecular weight is 245 g/mol. The summed E-state index contributed by atoms with van der Waals surface area (Å²) in [7, 11) is 1.34. The van der Waals surface area contributed by atoms with E-state index >= 15 is 0 Å². The molecule has 0 aromatic heterocycles. The first-order chi connectivity index (χ1) is 7.81. The van der Waals surface area contributed by atoms with E-state index in [4.69, 9.17) is 4.74 Å². The lowest BCUT2D eigenvalue weighted by Crippen LogP contribution is -2.40. The average Bonchev–Trinajstić information content (AvgIpc) is 2.96. The Hall–Kier alpha value is 0.0700. The van der Waals surface area contributed by atoms with Crippen molar-refractivity contribution in [2.45, 2.75) is 43.4 Å². The zero-order valence-corrected chi connectivity index (χ0v) is 10.9. The van der Waals surface area contributed by atoms with E-state index in [2.05, 4.69) is 5.32 Å². The van der Waals surface area contributed by atoms with Crippen LogP contribution in [-0.4, -0.2) is 41.5 Å². The van der Waals surface area contributed by atoms with Crippen LogP contribution in [-0.2, 0) is 15.5 Å². The molecule has 2 rings (SSSR count). The Morgan fingerprint density at radius 3 is 2.69 bits per heavy atom. The third kappa shape index (κ3) is 3.05. The number of nitrogens with one attached hydrogen (secondary N) is 1. The van der Waals surface area contributed by atoms with Crippen molar-refractivity contribution in [2.24, 2.45) is 5.92 Å². The predicted molar refractivity (Wildman–Crippen MR) is 67.0 cm³/mol. The van der Waals surface area contributed by atoms with Gasteiger partial charge < -0.3 is 10.1 Å². The van der Waals surface area contributed by atoms with Gasteiger partial charge >= 0.3 is 0 Å². The van der Waals surface area contributed by atoms with Crippen molar-refractivity contribution in [3.05, 3.63) is 0 Å². The van der Waals surface area contributed by atoms with Crippen molar-refractivity contribution in [1.29, 1.82) is 0 Å². The predicted octanol–water partition coefficient (Wildman–Crippen LogP) is 1.30. The molecule has 0 amide bonds. The largest absolute Gasteiger partial charge is 0.381 e. The number of hydrogen-bond donors (Lipinski definition) is 1. The van der Waals surface area contributed by atoms with Crippen molar-refractivity contribution in [3.8, 4) is 0 Å². The lowest BCUT2D eigenvalue weighted by molar-refractivity contribution is 0.179. The van der Waals surface area contributed by atoms with Crippen molar-refractivity contribution < 1.29 is 8.95 Å². The summed E-state index contributed by atoms with van der Waals surface area (Å²) in [5.74, 6) is 1.38. The van der Waals surface area contributed by atoms with Crippen LogP contribution in [0, 0.1) is 5.92 Å². The molecule has 0 bridgehead atoms. The van der Waals surface area contributed by atoms with E-state index in [0.29, 0.717) is 17.2 Å². The van der Waals surface area contributed by atoms with Crippen LogP contribution in [0.5, 0.6) is 0 Å². The van der Waals surface area contributed by atoms with Crippen LogP contribution in [0.4, 0.5) is 0 Å². The maximum atomic E-state index is 12.2. The van der Waals surface area contributed by atoms with Gasteiger partial charge in [0.25, 0.3) is 0 Å². The molecule has 0 spiro atoms. The van der Waals surface area contributed by atoms with E-state index in [1.54, 1.807) is 0 Å². The van der Waals surface area contributed by atoms with Gasteiger partial charge in [-0.1, -0.05) is 12.8 Å². The fraction of sp³-hybridized carbons (Fsp3) is 1.00. The van der Waals surface area contributed by atoms with E-state index in [0.717, 1.165) is 25.4 Å². The molecule has 94 valence electrons. The highest BCUT2D eigenvalue weighted by atomic mass is 32.2. The van der Waals surface area contributed by atoms with E-state index in [1.807, 2.05) is 7.05 Å². The Kier molecular flexibility index (Phi) is 4.79. The first kappa shape index (κ1) is 12.5. The van der Waals surface area contributed by atoms with Gasteiger partial charge in [-0.25, -0.2) is 0 Å². The highest BCUT2D eigenvalue weighted by molar-refractivity contribution is 7.85.